The molecule has 4 heteroatoms. The predicted molar refractivity (Wildman–Crippen MR) is 72.2 cm³/mol. The Morgan fingerprint density at radius 3 is 2.13 bits per heavy atom. The van der Waals surface area contributed by atoms with Gasteiger partial charge >= 0.3 is 0 Å². The Labute approximate surface area is 107 Å². The lowest BCUT2D eigenvalue weighted by atomic mass is 9.89. The smallest absolute Gasteiger partial charge is 0.0219 e. The average Bonchev–Trinajstić information content (AvgIpc) is 2.01. The number of nitrogens with one attached hydrogen (secondary N) is 1. The second-order valence-corrected chi connectivity index (χ2v) is 5.50. The summed E-state index contributed by atoms with van der Waals surface area (Å²) >= 11 is 0. The van der Waals surface area contributed by atoms with Gasteiger partial charge in [0.25, 0.3) is 0 Å². The highest BCUT2D eigenvalue weighted by Gasteiger charge is 2.22. The molecule has 0 amide bonds. The van der Waals surface area contributed by atoms with E-state index in [1.807, 2.05) is 0 Å². The quantitative estimate of drug-likeness (QED) is 0.798. The molecule has 2 nitrogen and oxygen atoms in total. The highest BCUT2D eigenvalue weighted by molar-refractivity contribution is 5.85. The number of hydrogen-bond donors (Lipinski definition) is 2. The highest BCUT2D eigenvalue weighted by atomic mass is 35.5. The maximum atomic E-state index is 6.05. The van der Waals surface area contributed by atoms with Crippen molar-refractivity contribution in [2.24, 2.45) is 11.1 Å². The Morgan fingerprint density at radius 1 is 1.13 bits per heavy atom. The molecular formula is C11H26Cl2N2. The number of rotatable bonds is 2. The molecule has 1 saturated carbocycles. The van der Waals surface area contributed by atoms with Gasteiger partial charge in [-0.3, -0.25) is 0 Å². The molecule has 94 valence electrons. The van der Waals surface area contributed by atoms with Gasteiger partial charge in [-0.15, -0.1) is 24.8 Å². The van der Waals surface area contributed by atoms with Gasteiger partial charge in [0.05, 0.1) is 0 Å². The van der Waals surface area contributed by atoms with Crippen molar-refractivity contribution >= 4 is 24.8 Å². The van der Waals surface area contributed by atoms with Crippen LogP contribution < -0.4 is 11.1 Å². The molecule has 0 radical (unpaired) electrons. The summed E-state index contributed by atoms with van der Waals surface area (Å²) in [4.78, 5) is 0. The average molecular weight is 257 g/mol. The van der Waals surface area contributed by atoms with E-state index in [9.17, 15) is 0 Å². The van der Waals surface area contributed by atoms with Crippen molar-refractivity contribution in [1.82, 2.24) is 5.32 Å². The summed E-state index contributed by atoms with van der Waals surface area (Å²) in [6.07, 6.45) is 5.11. The van der Waals surface area contributed by atoms with Crippen molar-refractivity contribution < 1.29 is 0 Å². The number of nitrogens with two attached hydrogens (primary N) is 1. The fraction of sp³-hybridized carbons (Fsp3) is 1.00. The van der Waals surface area contributed by atoms with E-state index in [0.717, 1.165) is 6.54 Å². The van der Waals surface area contributed by atoms with Crippen LogP contribution in [0.3, 0.4) is 0 Å². The molecule has 3 N–H and O–H groups in total. The lowest BCUT2D eigenvalue weighted by Crippen LogP contribution is -2.49. The Bertz CT molecular complexity index is 157. The van der Waals surface area contributed by atoms with Crippen molar-refractivity contribution in [1.29, 1.82) is 0 Å². The molecule has 1 aliphatic carbocycles. The van der Waals surface area contributed by atoms with Gasteiger partial charge in [-0.05, 0) is 18.3 Å². The third-order valence-corrected chi connectivity index (χ3v) is 2.71. The lowest BCUT2D eigenvalue weighted by Gasteiger charge is -2.32. The van der Waals surface area contributed by atoms with Crippen LogP contribution in [0.2, 0.25) is 0 Å². The van der Waals surface area contributed by atoms with Crippen molar-refractivity contribution in [3.63, 3.8) is 0 Å². The Balaban J connectivity index is 0. The summed E-state index contributed by atoms with van der Waals surface area (Å²) in [5, 5.41) is 3.59. The molecule has 1 fully saturated rings. The van der Waals surface area contributed by atoms with Crippen LogP contribution in [0.4, 0.5) is 0 Å². The van der Waals surface area contributed by atoms with Gasteiger partial charge in [-0.2, -0.15) is 0 Å². The van der Waals surface area contributed by atoms with Crippen molar-refractivity contribution in [2.45, 2.75) is 58.5 Å². The summed E-state index contributed by atoms with van der Waals surface area (Å²) in [6.45, 7) is 7.85. The van der Waals surface area contributed by atoms with Crippen LogP contribution in [-0.2, 0) is 0 Å². The summed E-state index contributed by atoms with van der Waals surface area (Å²) in [5.41, 5.74) is 6.42. The molecule has 0 aliphatic heterocycles. The maximum Gasteiger partial charge on any atom is 0.0219 e. The van der Waals surface area contributed by atoms with Crippen LogP contribution in [0, 0.1) is 5.41 Å². The highest BCUT2D eigenvalue weighted by Crippen LogP contribution is 2.18. The number of hydrogen-bond acceptors (Lipinski definition) is 2. The normalized spacial score (nSPS) is 26.4. The van der Waals surface area contributed by atoms with E-state index in [2.05, 4.69) is 26.1 Å². The lowest BCUT2D eigenvalue weighted by molar-refractivity contribution is 0.282. The first-order chi connectivity index (χ1) is 5.99. The van der Waals surface area contributed by atoms with E-state index in [1.165, 1.54) is 25.7 Å². The topological polar surface area (TPSA) is 38.0 Å². The van der Waals surface area contributed by atoms with E-state index in [-0.39, 0.29) is 24.8 Å². The van der Waals surface area contributed by atoms with Crippen molar-refractivity contribution in [2.75, 3.05) is 6.54 Å². The van der Waals surface area contributed by atoms with Gasteiger partial charge in [0.1, 0.15) is 0 Å². The molecular weight excluding hydrogens is 231 g/mol. The van der Waals surface area contributed by atoms with E-state index in [4.69, 9.17) is 5.73 Å². The second-order valence-electron chi connectivity index (χ2n) is 5.50. The van der Waals surface area contributed by atoms with Gasteiger partial charge in [0.2, 0.25) is 0 Å². The fourth-order valence-electron chi connectivity index (χ4n) is 1.85. The zero-order valence-electron chi connectivity index (χ0n) is 10.1. The van der Waals surface area contributed by atoms with Crippen LogP contribution >= 0.6 is 24.8 Å². The van der Waals surface area contributed by atoms with Crippen LogP contribution in [0.5, 0.6) is 0 Å². The van der Waals surface area contributed by atoms with Gasteiger partial charge in [-0.25, -0.2) is 0 Å². The largest absolute Gasteiger partial charge is 0.326 e. The molecule has 0 bridgehead atoms. The van der Waals surface area contributed by atoms with Crippen LogP contribution in [0.25, 0.3) is 0 Å². The first-order valence-electron chi connectivity index (χ1n) is 5.48. The zero-order chi connectivity index (χ0) is 9.90. The molecule has 15 heavy (non-hydrogen) atoms. The first-order valence-corrected chi connectivity index (χ1v) is 5.48. The summed E-state index contributed by atoms with van der Waals surface area (Å²) in [7, 11) is 0. The predicted octanol–water partition coefficient (Wildman–Crippen LogP) is 2.74. The molecule has 0 spiro atoms. The van der Waals surface area contributed by atoms with E-state index in [0.29, 0.717) is 17.5 Å². The third kappa shape index (κ3) is 7.40. The van der Waals surface area contributed by atoms with Gasteiger partial charge in [0, 0.05) is 18.6 Å². The third-order valence-electron chi connectivity index (χ3n) is 2.71. The second kappa shape index (κ2) is 7.72. The minimum Gasteiger partial charge on any atom is -0.326 e. The fourth-order valence-corrected chi connectivity index (χ4v) is 1.85. The summed E-state index contributed by atoms with van der Waals surface area (Å²) < 4.78 is 0. The standard InChI is InChI=1S/C11H24N2.2ClH/c1-11(2,3)8-13-10-7-5-4-6-9(10)12;;/h9-10,13H,4-8,12H2,1-3H3;2*1H/t9-,10-;;/m1../s1. The Kier molecular flexibility index (Phi) is 9.20. The molecule has 0 aromatic rings. The molecule has 0 unspecified atom stereocenters. The molecule has 0 saturated heterocycles. The van der Waals surface area contributed by atoms with Crippen molar-refractivity contribution in [3.8, 4) is 0 Å². The van der Waals surface area contributed by atoms with Gasteiger partial charge in [-0.1, -0.05) is 33.6 Å². The first kappa shape index (κ1) is 17.9. The van der Waals surface area contributed by atoms with E-state index in [1.54, 1.807) is 0 Å². The molecule has 1 rings (SSSR count). The SMILES string of the molecule is CC(C)(C)CN[C@@H]1CCCC[C@H]1N.Cl.Cl. The maximum absolute atomic E-state index is 6.05. The van der Waals surface area contributed by atoms with Crippen LogP contribution in [0.1, 0.15) is 46.5 Å². The molecule has 2 atom stereocenters. The van der Waals surface area contributed by atoms with Crippen molar-refractivity contribution in [3.05, 3.63) is 0 Å². The Hall–Kier alpha value is 0.500. The monoisotopic (exact) mass is 256 g/mol. The van der Waals surface area contributed by atoms with Gasteiger partial charge in [0.15, 0.2) is 0 Å². The minimum atomic E-state index is 0. The molecule has 0 heterocycles. The van der Waals surface area contributed by atoms with Crippen LogP contribution in [0.15, 0.2) is 0 Å². The molecule has 1 aliphatic rings. The molecule has 0 aromatic heterocycles. The van der Waals surface area contributed by atoms with Crippen LogP contribution in [-0.4, -0.2) is 18.6 Å². The minimum absolute atomic E-state index is 0. The van der Waals surface area contributed by atoms with E-state index < -0.39 is 0 Å². The zero-order valence-corrected chi connectivity index (χ0v) is 11.7. The number of halogens is 2. The van der Waals surface area contributed by atoms with Gasteiger partial charge < -0.3 is 11.1 Å². The molecule has 0 aromatic carbocycles. The summed E-state index contributed by atoms with van der Waals surface area (Å²) in [6, 6.07) is 0.948. The summed E-state index contributed by atoms with van der Waals surface area (Å²) in [5.74, 6) is 0. The Morgan fingerprint density at radius 2 is 1.67 bits per heavy atom. The van der Waals surface area contributed by atoms with E-state index >= 15 is 0 Å².